The van der Waals surface area contributed by atoms with Crippen LogP contribution in [-0.4, -0.2) is 17.3 Å². The molecule has 20 heavy (non-hydrogen) atoms. The van der Waals surface area contributed by atoms with Gasteiger partial charge in [0.1, 0.15) is 0 Å². The molecule has 0 saturated heterocycles. The molecule has 0 radical (unpaired) electrons. The topological polar surface area (TPSA) is 29.1 Å². The number of carbonyl (C=O) groups is 1. The number of hydrogen-bond acceptors (Lipinski definition) is 1. The van der Waals surface area contributed by atoms with Crippen molar-refractivity contribution in [2.24, 2.45) is 23.2 Å². The highest BCUT2D eigenvalue weighted by Gasteiger charge is 2.51. The molecule has 0 aliphatic heterocycles. The fourth-order valence-electron chi connectivity index (χ4n) is 5.52. The largest absolute Gasteiger partial charge is 0.356 e. The average Bonchev–Trinajstić information content (AvgIpc) is 2.32. The summed E-state index contributed by atoms with van der Waals surface area (Å²) in [5.41, 5.74) is 0.390. The maximum Gasteiger partial charge on any atom is 0.220 e. The third-order valence-corrected chi connectivity index (χ3v) is 6.26. The van der Waals surface area contributed by atoms with E-state index in [0.29, 0.717) is 16.1 Å². The van der Waals surface area contributed by atoms with E-state index in [4.69, 9.17) is 0 Å². The van der Waals surface area contributed by atoms with Crippen molar-refractivity contribution in [1.29, 1.82) is 0 Å². The number of carbonyl (C=O) groups excluding carboxylic acids is 1. The Morgan fingerprint density at radius 1 is 1.20 bits per heavy atom. The van der Waals surface area contributed by atoms with Gasteiger partial charge in [0.15, 0.2) is 0 Å². The van der Waals surface area contributed by atoms with E-state index >= 15 is 0 Å². The van der Waals surface area contributed by atoms with Crippen molar-refractivity contribution >= 4 is 21.8 Å². The Morgan fingerprint density at radius 2 is 1.75 bits per heavy atom. The number of nitrogens with one attached hydrogen (secondary N) is 1. The van der Waals surface area contributed by atoms with E-state index in [0.717, 1.165) is 43.6 Å². The van der Waals surface area contributed by atoms with Gasteiger partial charge in [-0.15, -0.1) is 0 Å². The zero-order valence-electron chi connectivity index (χ0n) is 12.7. The minimum absolute atomic E-state index is 0.314. The smallest absolute Gasteiger partial charge is 0.220 e. The monoisotopic (exact) mass is 341 g/mol. The lowest BCUT2D eigenvalue weighted by molar-refractivity contribution is -0.129. The van der Waals surface area contributed by atoms with Gasteiger partial charge in [-0.2, -0.15) is 0 Å². The van der Waals surface area contributed by atoms with Crippen LogP contribution in [0.25, 0.3) is 0 Å². The fraction of sp³-hybridized carbons (Fsp3) is 0.941. The number of rotatable bonds is 6. The molecule has 3 heteroatoms. The molecule has 4 aliphatic rings. The number of alkyl halides is 1. The summed E-state index contributed by atoms with van der Waals surface area (Å²) in [6.45, 7) is 3.01. The third kappa shape index (κ3) is 3.40. The summed E-state index contributed by atoms with van der Waals surface area (Å²) >= 11 is 3.55. The second kappa shape index (κ2) is 5.98. The summed E-state index contributed by atoms with van der Waals surface area (Å²) < 4.78 is 0. The molecule has 0 aromatic rings. The average molecular weight is 342 g/mol. The molecule has 1 N–H and O–H groups in total. The van der Waals surface area contributed by atoms with E-state index in [9.17, 15) is 4.79 Å². The summed E-state index contributed by atoms with van der Waals surface area (Å²) in [5.74, 6) is 3.16. The molecule has 0 heterocycles. The van der Waals surface area contributed by atoms with Gasteiger partial charge in [0, 0.05) is 17.8 Å². The minimum Gasteiger partial charge on any atom is -0.356 e. The first-order valence-electron chi connectivity index (χ1n) is 8.45. The molecule has 0 spiro atoms. The first-order chi connectivity index (χ1) is 9.55. The molecular weight excluding hydrogens is 314 g/mol. The van der Waals surface area contributed by atoms with Gasteiger partial charge in [0.25, 0.3) is 0 Å². The van der Waals surface area contributed by atoms with Gasteiger partial charge < -0.3 is 5.32 Å². The molecule has 0 aromatic carbocycles. The van der Waals surface area contributed by atoms with Crippen molar-refractivity contribution in [2.75, 3.05) is 6.54 Å². The Morgan fingerprint density at radius 3 is 2.25 bits per heavy atom. The Bertz CT molecular complexity index is 331. The molecule has 2 nitrogen and oxygen atoms in total. The lowest BCUT2D eigenvalue weighted by Crippen LogP contribution is -2.48. The second-order valence-electron chi connectivity index (χ2n) is 7.87. The number of halogens is 1. The summed E-state index contributed by atoms with van der Waals surface area (Å²) in [6, 6.07) is 0. The van der Waals surface area contributed by atoms with Crippen molar-refractivity contribution in [3.63, 3.8) is 0 Å². The zero-order chi connectivity index (χ0) is 14.2. The van der Waals surface area contributed by atoms with Gasteiger partial charge >= 0.3 is 0 Å². The second-order valence-corrected chi connectivity index (χ2v) is 9.43. The van der Waals surface area contributed by atoms with E-state index in [1.54, 1.807) is 0 Å². The number of hydrogen-bond donors (Lipinski definition) is 1. The molecule has 4 bridgehead atoms. The van der Waals surface area contributed by atoms with Crippen LogP contribution in [0.2, 0.25) is 0 Å². The maximum atomic E-state index is 12.2. The van der Waals surface area contributed by atoms with Crippen molar-refractivity contribution in [3.8, 4) is 0 Å². The molecule has 1 atom stereocenters. The quantitative estimate of drug-likeness (QED) is 0.567. The zero-order valence-corrected chi connectivity index (χ0v) is 14.3. The maximum absolute atomic E-state index is 12.2. The van der Waals surface area contributed by atoms with Crippen LogP contribution in [0.3, 0.4) is 0 Å². The van der Waals surface area contributed by atoms with Crippen molar-refractivity contribution in [3.05, 3.63) is 0 Å². The van der Waals surface area contributed by atoms with Crippen LogP contribution >= 0.6 is 15.9 Å². The van der Waals surface area contributed by atoms with Gasteiger partial charge in [-0.05, 0) is 74.5 Å². The van der Waals surface area contributed by atoms with Crippen LogP contribution in [0.1, 0.15) is 64.7 Å². The van der Waals surface area contributed by atoms with Gasteiger partial charge in [-0.25, -0.2) is 0 Å². The Kier molecular flexibility index (Phi) is 4.45. The summed E-state index contributed by atoms with van der Waals surface area (Å²) in [4.78, 5) is 12.8. The van der Waals surface area contributed by atoms with Crippen LogP contribution < -0.4 is 5.32 Å². The Labute approximate surface area is 131 Å². The van der Waals surface area contributed by atoms with E-state index in [2.05, 4.69) is 28.2 Å². The third-order valence-electron chi connectivity index (χ3n) is 5.80. The van der Waals surface area contributed by atoms with Crippen LogP contribution in [0, 0.1) is 23.2 Å². The standard InChI is InChI=1S/C17H28BrNO/c1-12(18)3-2-4-19-16(20)11-17-8-13-5-14(9-17)7-15(6-13)10-17/h12-15H,2-11H2,1H3,(H,19,20). The predicted molar refractivity (Wildman–Crippen MR) is 85.9 cm³/mol. The lowest BCUT2D eigenvalue weighted by atomic mass is 9.49. The highest BCUT2D eigenvalue weighted by atomic mass is 79.9. The van der Waals surface area contributed by atoms with Gasteiger partial charge in [-0.1, -0.05) is 22.9 Å². The van der Waals surface area contributed by atoms with Gasteiger partial charge in [0.05, 0.1) is 0 Å². The fourth-order valence-corrected chi connectivity index (χ4v) is 5.84. The van der Waals surface area contributed by atoms with E-state index in [1.165, 1.54) is 38.5 Å². The van der Waals surface area contributed by atoms with Crippen LogP contribution in [0.5, 0.6) is 0 Å². The lowest BCUT2D eigenvalue weighted by Gasteiger charge is -2.56. The molecule has 114 valence electrons. The molecule has 4 aliphatic carbocycles. The first-order valence-corrected chi connectivity index (χ1v) is 9.37. The predicted octanol–water partition coefficient (Wildman–Crippen LogP) is 4.27. The molecule has 1 unspecified atom stereocenters. The molecule has 4 fully saturated rings. The summed E-state index contributed by atoms with van der Waals surface area (Å²) in [6.07, 6.45) is 11.4. The van der Waals surface area contributed by atoms with Crippen LogP contribution in [0.4, 0.5) is 0 Å². The normalized spacial score (nSPS) is 39.8. The van der Waals surface area contributed by atoms with Crippen LogP contribution in [0.15, 0.2) is 0 Å². The van der Waals surface area contributed by atoms with Crippen molar-refractivity contribution in [1.82, 2.24) is 5.32 Å². The van der Waals surface area contributed by atoms with Crippen molar-refractivity contribution in [2.45, 2.75) is 69.5 Å². The van der Waals surface area contributed by atoms with E-state index in [1.807, 2.05) is 0 Å². The first kappa shape index (κ1) is 14.9. The van der Waals surface area contributed by atoms with Crippen molar-refractivity contribution < 1.29 is 4.79 Å². The summed E-state index contributed by atoms with van der Waals surface area (Å²) in [5, 5.41) is 3.15. The Balaban J connectivity index is 1.46. The highest BCUT2D eigenvalue weighted by molar-refractivity contribution is 9.09. The SMILES string of the molecule is CC(Br)CCCNC(=O)CC12CC3CC(CC(C3)C1)C2. The summed E-state index contributed by atoms with van der Waals surface area (Å²) in [7, 11) is 0. The van der Waals surface area contributed by atoms with Gasteiger partial charge in [0.2, 0.25) is 5.91 Å². The van der Waals surface area contributed by atoms with E-state index < -0.39 is 0 Å². The molecule has 4 rings (SSSR count). The van der Waals surface area contributed by atoms with Gasteiger partial charge in [-0.3, -0.25) is 4.79 Å². The molecule has 4 saturated carbocycles. The molecule has 0 aromatic heterocycles. The van der Waals surface area contributed by atoms with Crippen LogP contribution in [-0.2, 0) is 4.79 Å². The molecular formula is C17H28BrNO. The van der Waals surface area contributed by atoms with E-state index in [-0.39, 0.29) is 0 Å². The number of amides is 1. The molecule has 1 amide bonds. The minimum atomic E-state index is 0.314. The Hall–Kier alpha value is -0.0500. The highest BCUT2D eigenvalue weighted by Crippen LogP contribution is 2.61.